The van der Waals surface area contributed by atoms with Gasteiger partial charge in [-0.3, -0.25) is 0 Å². The first-order valence-corrected chi connectivity index (χ1v) is 5.71. The molecule has 1 heterocycles. The smallest absolute Gasteiger partial charge is 0.144 e. The molecule has 82 valence electrons. The number of nitrogens with one attached hydrogen (secondary N) is 1. The van der Waals surface area contributed by atoms with Crippen LogP contribution in [-0.2, 0) is 4.74 Å². The van der Waals surface area contributed by atoms with Crippen LogP contribution in [0.3, 0.4) is 0 Å². The van der Waals surface area contributed by atoms with Crippen LogP contribution in [0.2, 0.25) is 0 Å². The van der Waals surface area contributed by atoms with Crippen LogP contribution >= 0.6 is 15.9 Å². The fourth-order valence-electron chi connectivity index (χ4n) is 1.53. The average Bonchev–Trinajstić information content (AvgIpc) is 2.92. The molecule has 5 heteroatoms. The van der Waals surface area contributed by atoms with E-state index in [0.29, 0.717) is 0 Å². The van der Waals surface area contributed by atoms with E-state index in [2.05, 4.69) is 31.2 Å². The number of nitrogens with zero attached hydrogens (tertiary/aromatic N) is 2. The highest BCUT2D eigenvalue weighted by Crippen LogP contribution is 2.39. The van der Waals surface area contributed by atoms with Crippen LogP contribution in [0.25, 0.3) is 0 Å². The quantitative estimate of drug-likeness (QED) is 0.912. The van der Waals surface area contributed by atoms with Gasteiger partial charge < -0.3 is 10.1 Å². The van der Waals surface area contributed by atoms with Gasteiger partial charge in [0.1, 0.15) is 11.6 Å². The topological polar surface area (TPSA) is 47.0 Å². The second-order valence-electron chi connectivity index (χ2n) is 3.95. The van der Waals surface area contributed by atoms with Crippen molar-refractivity contribution in [3.63, 3.8) is 0 Å². The minimum absolute atomic E-state index is 0.0953. The molecular weight excluding hydrogens is 258 g/mol. The molecule has 0 bridgehead atoms. The van der Waals surface area contributed by atoms with Crippen molar-refractivity contribution in [1.82, 2.24) is 9.97 Å². The molecule has 0 unspecified atom stereocenters. The van der Waals surface area contributed by atoms with E-state index in [1.165, 1.54) is 0 Å². The summed E-state index contributed by atoms with van der Waals surface area (Å²) in [5.41, 5.74) is 0.0953. The summed E-state index contributed by atoms with van der Waals surface area (Å²) in [4.78, 5) is 8.46. The summed E-state index contributed by atoms with van der Waals surface area (Å²) < 4.78 is 6.09. The Labute approximate surface area is 97.6 Å². The zero-order valence-corrected chi connectivity index (χ0v) is 10.5. The number of ether oxygens (including phenoxy) is 1. The van der Waals surface area contributed by atoms with E-state index in [1.807, 2.05) is 6.92 Å². The molecular formula is C10H14BrN3O. The average molecular weight is 272 g/mol. The van der Waals surface area contributed by atoms with E-state index in [9.17, 15) is 0 Å². The fourth-order valence-corrected chi connectivity index (χ4v) is 1.82. The second kappa shape index (κ2) is 4.06. The van der Waals surface area contributed by atoms with Crippen molar-refractivity contribution >= 4 is 21.7 Å². The fraction of sp³-hybridized carbons (Fsp3) is 0.600. The summed E-state index contributed by atoms with van der Waals surface area (Å²) in [7, 11) is 1.72. The van der Waals surface area contributed by atoms with Crippen molar-refractivity contribution in [2.75, 3.05) is 19.0 Å². The van der Waals surface area contributed by atoms with Crippen LogP contribution in [0.15, 0.2) is 10.7 Å². The van der Waals surface area contributed by atoms with Crippen molar-refractivity contribution in [2.45, 2.75) is 25.3 Å². The number of methoxy groups -OCH3 is 1. The lowest BCUT2D eigenvalue weighted by molar-refractivity contribution is 0.179. The molecule has 15 heavy (non-hydrogen) atoms. The number of rotatable bonds is 4. The Kier molecular flexibility index (Phi) is 2.93. The molecule has 2 rings (SSSR count). The lowest BCUT2D eigenvalue weighted by Gasteiger charge is -2.17. The van der Waals surface area contributed by atoms with E-state index in [1.54, 1.807) is 13.3 Å². The predicted octanol–water partition coefficient (Wildman–Crippen LogP) is 2.14. The van der Waals surface area contributed by atoms with E-state index in [0.717, 1.165) is 35.6 Å². The minimum atomic E-state index is 0.0953. The number of aromatic nitrogens is 2. The Balaban J connectivity index is 2.13. The van der Waals surface area contributed by atoms with E-state index >= 15 is 0 Å². The van der Waals surface area contributed by atoms with Crippen molar-refractivity contribution < 1.29 is 4.74 Å². The number of anilines is 1. The van der Waals surface area contributed by atoms with Crippen LogP contribution in [-0.4, -0.2) is 29.2 Å². The van der Waals surface area contributed by atoms with Crippen LogP contribution in [0.4, 0.5) is 5.82 Å². The molecule has 0 amide bonds. The molecule has 0 spiro atoms. The number of halogens is 1. The molecule has 1 aromatic rings. The number of hydrogen-bond donors (Lipinski definition) is 1. The minimum Gasteiger partial charge on any atom is -0.382 e. The summed E-state index contributed by atoms with van der Waals surface area (Å²) in [6, 6.07) is 0. The first-order valence-electron chi connectivity index (χ1n) is 4.91. The molecule has 1 aromatic heterocycles. The van der Waals surface area contributed by atoms with Gasteiger partial charge >= 0.3 is 0 Å². The maximum absolute atomic E-state index is 5.19. The Morgan fingerprint density at radius 2 is 2.33 bits per heavy atom. The Morgan fingerprint density at radius 3 is 2.93 bits per heavy atom. The molecule has 1 saturated carbocycles. The summed E-state index contributed by atoms with van der Waals surface area (Å²) >= 11 is 3.43. The van der Waals surface area contributed by atoms with E-state index in [-0.39, 0.29) is 5.54 Å². The summed E-state index contributed by atoms with van der Waals surface area (Å²) in [5.74, 6) is 1.63. The standard InChI is InChI=1S/C10H14BrN3O/c1-7-12-5-8(11)9(13-7)14-10(3-4-10)6-15-2/h5H,3-4,6H2,1-2H3,(H,12,13,14). The lowest BCUT2D eigenvalue weighted by Crippen LogP contribution is -2.27. The van der Waals surface area contributed by atoms with Crippen molar-refractivity contribution in [2.24, 2.45) is 0 Å². The number of hydrogen-bond acceptors (Lipinski definition) is 4. The second-order valence-corrected chi connectivity index (χ2v) is 4.81. The molecule has 1 aliphatic carbocycles. The van der Waals surface area contributed by atoms with E-state index < -0.39 is 0 Å². The van der Waals surface area contributed by atoms with Gasteiger partial charge in [-0.25, -0.2) is 9.97 Å². The highest BCUT2D eigenvalue weighted by atomic mass is 79.9. The van der Waals surface area contributed by atoms with Crippen LogP contribution < -0.4 is 5.32 Å². The molecule has 1 fully saturated rings. The molecule has 4 nitrogen and oxygen atoms in total. The summed E-state index contributed by atoms with van der Waals surface area (Å²) in [5, 5.41) is 3.42. The van der Waals surface area contributed by atoms with Gasteiger partial charge in [-0.05, 0) is 35.7 Å². The molecule has 0 atom stereocenters. The van der Waals surface area contributed by atoms with Gasteiger partial charge in [0, 0.05) is 13.3 Å². The zero-order chi connectivity index (χ0) is 10.9. The summed E-state index contributed by atoms with van der Waals surface area (Å²) in [6.45, 7) is 2.61. The first-order chi connectivity index (χ1) is 7.15. The predicted molar refractivity (Wildman–Crippen MR) is 61.9 cm³/mol. The highest BCUT2D eigenvalue weighted by Gasteiger charge is 2.43. The third-order valence-electron chi connectivity index (χ3n) is 2.52. The van der Waals surface area contributed by atoms with Crippen molar-refractivity contribution in [1.29, 1.82) is 0 Å². The summed E-state index contributed by atoms with van der Waals surface area (Å²) in [6.07, 6.45) is 4.04. The molecule has 1 aliphatic rings. The van der Waals surface area contributed by atoms with Gasteiger partial charge in [0.15, 0.2) is 0 Å². The highest BCUT2D eigenvalue weighted by molar-refractivity contribution is 9.10. The van der Waals surface area contributed by atoms with Gasteiger partial charge in [0.25, 0.3) is 0 Å². The van der Waals surface area contributed by atoms with Gasteiger partial charge in [-0.1, -0.05) is 0 Å². The molecule has 1 N–H and O–H groups in total. The van der Waals surface area contributed by atoms with Gasteiger partial charge in [0.05, 0.1) is 16.6 Å². The normalized spacial score (nSPS) is 17.5. The third kappa shape index (κ3) is 2.46. The molecule has 0 aromatic carbocycles. The van der Waals surface area contributed by atoms with E-state index in [4.69, 9.17) is 4.74 Å². The SMILES string of the molecule is COCC1(Nc2nc(C)ncc2Br)CC1. The van der Waals surface area contributed by atoms with Gasteiger partial charge in [0.2, 0.25) is 0 Å². The molecule has 0 saturated heterocycles. The molecule has 0 radical (unpaired) electrons. The monoisotopic (exact) mass is 271 g/mol. The largest absolute Gasteiger partial charge is 0.382 e. The third-order valence-corrected chi connectivity index (χ3v) is 3.10. The number of aryl methyl sites for hydroxylation is 1. The lowest BCUT2D eigenvalue weighted by atomic mass is 10.3. The Hall–Kier alpha value is -0.680. The Morgan fingerprint density at radius 1 is 1.60 bits per heavy atom. The zero-order valence-electron chi connectivity index (χ0n) is 8.88. The molecule has 0 aliphatic heterocycles. The van der Waals surface area contributed by atoms with Crippen LogP contribution in [0, 0.1) is 6.92 Å². The van der Waals surface area contributed by atoms with Gasteiger partial charge in [-0.2, -0.15) is 0 Å². The van der Waals surface area contributed by atoms with Crippen LogP contribution in [0.1, 0.15) is 18.7 Å². The van der Waals surface area contributed by atoms with Gasteiger partial charge in [-0.15, -0.1) is 0 Å². The van der Waals surface area contributed by atoms with Crippen LogP contribution in [0.5, 0.6) is 0 Å². The Bertz CT molecular complexity index is 366. The first kappa shape index (κ1) is 10.8. The maximum atomic E-state index is 5.19. The van der Waals surface area contributed by atoms with Crippen molar-refractivity contribution in [3.05, 3.63) is 16.5 Å². The van der Waals surface area contributed by atoms with Crippen molar-refractivity contribution in [3.8, 4) is 0 Å². The maximum Gasteiger partial charge on any atom is 0.144 e.